The minimum atomic E-state index is -0.265. The van der Waals surface area contributed by atoms with Crippen molar-refractivity contribution in [2.24, 2.45) is 5.92 Å². The highest BCUT2D eigenvalue weighted by molar-refractivity contribution is 5.91. The van der Waals surface area contributed by atoms with Crippen molar-refractivity contribution in [2.75, 3.05) is 6.54 Å². The zero-order valence-electron chi connectivity index (χ0n) is 12.4. The van der Waals surface area contributed by atoms with Crippen LogP contribution in [0.2, 0.25) is 0 Å². The first-order valence-electron chi connectivity index (χ1n) is 7.81. The van der Waals surface area contributed by atoms with Crippen LogP contribution in [0.3, 0.4) is 0 Å². The number of nitrogens with zero attached hydrogens (tertiary/aromatic N) is 1. The van der Waals surface area contributed by atoms with Gasteiger partial charge in [-0.1, -0.05) is 32.1 Å². The number of ketones is 1. The Bertz CT molecular complexity index is 343. The fourth-order valence-corrected chi connectivity index (χ4v) is 3.60. The molecule has 1 aliphatic carbocycles. The standard InChI is InChI=1S/C16H27NO2/c1-16(2)11-14(18)12-17(16)15(19)10-6-9-13-7-4-3-5-8-13/h13H,3-12H2,1-2H3. The maximum Gasteiger partial charge on any atom is 0.223 e. The van der Waals surface area contributed by atoms with Crippen molar-refractivity contribution in [3.8, 4) is 0 Å². The van der Waals surface area contributed by atoms with Crippen LogP contribution in [0.4, 0.5) is 0 Å². The van der Waals surface area contributed by atoms with Crippen LogP contribution in [0, 0.1) is 5.92 Å². The molecule has 0 unspecified atom stereocenters. The number of likely N-dealkylation sites (tertiary alicyclic amines) is 1. The number of carbonyl (C=O) groups excluding carboxylic acids is 2. The molecule has 0 spiro atoms. The molecule has 0 aromatic heterocycles. The summed E-state index contributed by atoms with van der Waals surface area (Å²) in [5, 5.41) is 0. The van der Waals surface area contributed by atoms with Crippen LogP contribution in [0.1, 0.15) is 71.6 Å². The van der Waals surface area contributed by atoms with Crippen LogP contribution in [0.15, 0.2) is 0 Å². The van der Waals surface area contributed by atoms with Gasteiger partial charge in [-0.2, -0.15) is 0 Å². The predicted molar refractivity (Wildman–Crippen MR) is 75.8 cm³/mol. The molecule has 108 valence electrons. The fourth-order valence-electron chi connectivity index (χ4n) is 3.60. The molecule has 1 aliphatic heterocycles. The third-order valence-corrected chi connectivity index (χ3v) is 4.72. The van der Waals surface area contributed by atoms with Gasteiger partial charge in [-0.05, 0) is 32.6 Å². The molecule has 0 atom stereocenters. The van der Waals surface area contributed by atoms with E-state index in [1.54, 1.807) is 4.90 Å². The Morgan fingerprint density at radius 2 is 1.95 bits per heavy atom. The van der Waals surface area contributed by atoms with E-state index in [0.29, 0.717) is 19.4 Å². The van der Waals surface area contributed by atoms with E-state index >= 15 is 0 Å². The molecule has 0 radical (unpaired) electrons. The highest BCUT2D eigenvalue weighted by Crippen LogP contribution is 2.30. The second-order valence-corrected chi connectivity index (χ2v) is 6.90. The summed E-state index contributed by atoms with van der Waals surface area (Å²) in [6.45, 7) is 4.32. The van der Waals surface area contributed by atoms with Crippen molar-refractivity contribution in [3.05, 3.63) is 0 Å². The average molecular weight is 265 g/mol. The van der Waals surface area contributed by atoms with Gasteiger partial charge in [0.15, 0.2) is 5.78 Å². The van der Waals surface area contributed by atoms with Gasteiger partial charge >= 0.3 is 0 Å². The lowest BCUT2D eigenvalue weighted by Crippen LogP contribution is -2.42. The van der Waals surface area contributed by atoms with E-state index in [-0.39, 0.29) is 17.2 Å². The van der Waals surface area contributed by atoms with Crippen molar-refractivity contribution >= 4 is 11.7 Å². The van der Waals surface area contributed by atoms with Gasteiger partial charge in [0.2, 0.25) is 5.91 Å². The first-order valence-corrected chi connectivity index (χ1v) is 7.81. The Kier molecular flexibility index (Phi) is 4.64. The molecule has 1 amide bonds. The van der Waals surface area contributed by atoms with Crippen LogP contribution in [0.5, 0.6) is 0 Å². The Balaban J connectivity index is 1.73. The van der Waals surface area contributed by atoms with Gasteiger partial charge in [-0.25, -0.2) is 0 Å². The van der Waals surface area contributed by atoms with Crippen LogP contribution in [-0.2, 0) is 9.59 Å². The molecule has 1 saturated carbocycles. The molecule has 0 aromatic carbocycles. The van der Waals surface area contributed by atoms with Crippen LogP contribution in [-0.4, -0.2) is 28.7 Å². The normalized spacial score (nSPS) is 23.9. The van der Waals surface area contributed by atoms with Crippen LogP contribution < -0.4 is 0 Å². The molecule has 3 nitrogen and oxygen atoms in total. The summed E-state index contributed by atoms with van der Waals surface area (Å²) in [6.07, 6.45) is 10.1. The monoisotopic (exact) mass is 265 g/mol. The number of Topliss-reactive ketones (excluding diaryl/α,β-unsaturated/α-hetero) is 1. The second-order valence-electron chi connectivity index (χ2n) is 6.90. The Morgan fingerprint density at radius 1 is 1.26 bits per heavy atom. The van der Waals surface area contributed by atoms with Crippen molar-refractivity contribution < 1.29 is 9.59 Å². The molecule has 0 N–H and O–H groups in total. The molecule has 3 heteroatoms. The molecule has 19 heavy (non-hydrogen) atoms. The maximum atomic E-state index is 12.2. The highest BCUT2D eigenvalue weighted by atomic mass is 16.2. The van der Waals surface area contributed by atoms with Crippen LogP contribution in [0.25, 0.3) is 0 Å². The Labute approximate surface area is 116 Å². The number of amides is 1. The van der Waals surface area contributed by atoms with Crippen molar-refractivity contribution in [1.82, 2.24) is 4.90 Å². The summed E-state index contributed by atoms with van der Waals surface area (Å²) in [7, 11) is 0. The summed E-state index contributed by atoms with van der Waals surface area (Å²) in [5.74, 6) is 1.21. The van der Waals surface area contributed by atoms with Gasteiger partial charge in [0.05, 0.1) is 6.54 Å². The first kappa shape index (κ1) is 14.5. The maximum absolute atomic E-state index is 12.2. The van der Waals surface area contributed by atoms with E-state index in [1.807, 2.05) is 13.8 Å². The minimum absolute atomic E-state index is 0.173. The molecule has 1 saturated heterocycles. The average Bonchev–Trinajstić information content (AvgIpc) is 2.64. The van der Waals surface area contributed by atoms with E-state index in [9.17, 15) is 9.59 Å². The van der Waals surface area contributed by atoms with E-state index in [4.69, 9.17) is 0 Å². The van der Waals surface area contributed by atoms with Gasteiger partial charge in [0.1, 0.15) is 0 Å². The smallest absolute Gasteiger partial charge is 0.223 e. The quantitative estimate of drug-likeness (QED) is 0.782. The second kappa shape index (κ2) is 6.06. The van der Waals surface area contributed by atoms with E-state index in [0.717, 1.165) is 12.3 Å². The summed E-state index contributed by atoms with van der Waals surface area (Å²) < 4.78 is 0. The largest absolute Gasteiger partial charge is 0.330 e. The summed E-state index contributed by atoms with van der Waals surface area (Å²) in [4.78, 5) is 25.5. The van der Waals surface area contributed by atoms with Gasteiger partial charge in [0.25, 0.3) is 0 Å². The number of hydrogen-bond acceptors (Lipinski definition) is 2. The van der Waals surface area contributed by atoms with Crippen molar-refractivity contribution in [3.63, 3.8) is 0 Å². The molecule has 2 aliphatic rings. The van der Waals surface area contributed by atoms with E-state index in [2.05, 4.69) is 0 Å². The first-order chi connectivity index (χ1) is 8.99. The molecule has 1 heterocycles. The third-order valence-electron chi connectivity index (χ3n) is 4.72. The summed E-state index contributed by atoms with van der Waals surface area (Å²) in [5.41, 5.74) is -0.265. The molecular formula is C16H27NO2. The Morgan fingerprint density at radius 3 is 2.53 bits per heavy atom. The molecule has 2 rings (SSSR count). The van der Waals surface area contributed by atoms with Gasteiger partial charge in [-0.15, -0.1) is 0 Å². The zero-order chi connectivity index (χ0) is 13.9. The lowest BCUT2D eigenvalue weighted by atomic mass is 9.86. The third kappa shape index (κ3) is 3.80. The molecule has 0 bridgehead atoms. The Hall–Kier alpha value is -0.860. The predicted octanol–water partition coefficient (Wildman–Crippen LogP) is 3.32. The van der Waals surface area contributed by atoms with Gasteiger partial charge in [-0.3, -0.25) is 9.59 Å². The summed E-state index contributed by atoms with van der Waals surface area (Å²) >= 11 is 0. The van der Waals surface area contributed by atoms with Crippen molar-refractivity contribution in [2.45, 2.75) is 77.2 Å². The topological polar surface area (TPSA) is 37.4 Å². The van der Waals surface area contributed by atoms with Crippen molar-refractivity contribution in [1.29, 1.82) is 0 Å². The summed E-state index contributed by atoms with van der Waals surface area (Å²) in [6, 6.07) is 0. The lowest BCUT2D eigenvalue weighted by Gasteiger charge is -2.31. The number of hydrogen-bond donors (Lipinski definition) is 0. The van der Waals surface area contributed by atoms with E-state index in [1.165, 1.54) is 38.5 Å². The number of rotatable bonds is 4. The van der Waals surface area contributed by atoms with Gasteiger partial charge < -0.3 is 4.90 Å². The SMILES string of the molecule is CC1(C)CC(=O)CN1C(=O)CCCC1CCCCC1. The fraction of sp³-hybridized carbons (Fsp3) is 0.875. The van der Waals surface area contributed by atoms with Gasteiger partial charge in [0, 0.05) is 18.4 Å². The molecule has 2 fully saturated rings. The number of carbonyl (C=O) groups is 2. The zero-order valence-corrected chi connectivity index (χ0v) is 12.4. The lowest BCUT2D eigenvalue weighted by molar-refractivity contribution is -0.135. The molecule has 0 aromatic rings. The minimum Gasteiger partial charge on any atom is -0.330 e. The van der Waals surface area contributed by atoms with E-state index < -0.39 is 0 Å². The highest BCUT2D eigenvalue weighted by Gasteiger charge is 2.39. The van der Waals surface area contributed by atoms with Crippen LogP contribution >= 0.6 is 0 Å². The molecular weight excluding hydrogens is 238 g/mol.